The Morgan fingerprint density at radius 1 is 1.46 bits per heavy atom. The third-order valence-electron chi connectivity index (χ3n) is 4.81. The predicted molar refractivity (Wildman–Crippen MR) is 99.8 cm³/mol. The molecular formula is C18H19ClFN5O3. The lowest BCUT2D eigenvalue weighted by molar-refractivity contribution is -0.152. The van der Waals surface area contributed by atoms with Gasteiger partial charge in [0.25, 0.3) is 5.91 Å². The van der Waals surface area contributed by atoms with Gasteiger partial charge in [-0.1, -0.05) is 17.7 Å². The number of anilines is 1. The number of fused-ring (bicyclic) bond motifs is 3. The average Bonchev–Trinajstić information content (AvgIpc) is 2.97. The second-order valence-electron chi connectivity index (χ2n) is 6.75. The Hall–Kier alpha value is -2.65. The van der Waals surface area contributed by atoms with Crippen molar-refractivity contribution < 1.29 is 18.8 Å². The molecule has 10 heteroatoms. The van der Waals surface area contributed by atoms with Crippen LogP contribution in [0.3, 0.4) is 0 Å². The maximum Gasteiger partial charge on any atom is 0.322 e. The van der Waals surface area contributed by atoms with E-state index in [1.54, 1.807) is 29.2 Å². The van der Waals surface area contributed by atoms with Gasteiger partial charge < -0.3 is 10.2 Å². The summed E-state index contributed by atoms with van der Waals surface area (Å²) in [6.45, 7) is 0.110. The summed E-state index contributed by atoms with van der Waals surface area (Å²) in [6.07, 6.45) is -0.269. The number of rotatable bonds is 2. The van der Waals surface area contributed by atoms with Gasteiger partial charge in [0.2, 0.25) is 0 Å². The van der Waals surface area contributed by atoms with Crippen molar-refractivity contribution in [2.24, 2.45) is 0 Å². The second-order valence-corrected chi connectivity index (χ2v) is 7.19. The first-order chi connectivity index (χ1) is 13.5. The number of nitrogens with zero attached hydrogens (tertiary/aromatic N) is 4. The number of hydrogen-bond acceptors (Lipinski definition) is 4. The van der Waals surface area contributed by atoms with Gasteiger partial charge in [-0.3, -0.25) is 14.3 Å². The largest absolute Gasteiger partial charge is 0.322 e. The van der Waals surface area contributed by atoms with Crippen molar-refractivity contribution in [2.45, 2.75) is 25.6 Å². The molecule has 0 saturated heterocycles. The molecule has 1 N–H and O–H groups in total. The Kier molecular flexibility index (Phi) is 4.94. The molecule has 0 unspecified atom stereocenters. The van der Waals surface area contributed by atoms with Crippen LogP contribution in [0.15, 0.2) is 24.3 Å². The topological polar surface area (TPSA) is 79.7 Å². The summed E-state index contributed by atoms with van der Waals surface area (Å²) >= 11 is 5.96. The fourth-order valence-corrected chi connectivity index (χ4v) is 3.65. The van der Waals surface area contributed by atoms with Gasteiger partial charge in [0.15, 0.2) is 0 Å². The summed E-state index contributed by atoms with van der Waals surface area (Å²) < 4.78 is 14.7. The zero-order valence-electron chi connectivity index (χ0n) is 15.2. The first-order valence-electron chi connectivity index (χ1n) is 8.87. The third kappa shape index (κ3) is 3.43. The van der Waals surface area contributed by atoms with Crippen LogP contribution in [-0.2, 0) is 24.3 Å². The first kappa shape index (κ1) is 18.7. The summed E-state index contributed by atoms with van der Waals surface area (Å²) in [4.78, 5) is 32.3. The normalized spacial score (nSPS) is 19.1. The van der Waals surface area contributed by atoms with Crippen LogP contribution >= 0.6 is 11.6 Å². The van der Waals surface area contributed by atoms with Crippen LogP contribution in [0, 0.1) is 0 Å². The van der Waals surface area contributed by atoms with Crippen LogP contribution in [0.25, 0.3) is 0 Å². The Bertz CT molecular complexity index is 934. The van der Waals surface area contributed by atoms with E-state index < -0.39 is 18.7 Å². The highest BCUT2D eigenvalue weighted by molar-refractivity contribution is 6.30. The molecule has 3 heterocycles. The van der Waals surface area contributed by atoms with Crippen molar-refractivity contribution in [3.63, 3.8) is 0 Å². The molecule has 1 atom stereocenters. The van der Waals surface area contributed by atoms with Crippen LogP contribution in [-0.4, -0.2) is 58.1 Å². The van der Waals surface area contributed by atoms with Gasteiger partial charge in [-0.15, -0.1) is 0 Å². The first-order valence-corrected chi connectivity index (χ1v) is 9.25. The summed E-state index contributed by atoms with van der Waals surface area (Å²) in [5.74, 6) is -0.401. The number of amides is 3. The second kappa shape index (κ2) is 7.40. The van der Waals surface area contributed by atoms with Gasteiger partial charge in [0.1, 0.15) is 18.5 Å². The van der Waals surface area contributed by atoms with E-state index in [2.05, 4.69) is 10.4 Å². The fourth-order valence-electron chi connectivity index (χ4n) is 3.46. The maximum absolute atomic E-state index is 13.2. The highest BCUT2D eigenvalue weighted by atomic mass is 35.5. The maximum atomic E-state index is 13.2. The average molecular weight is 408 g/mol. The van der Waals surface area contributed by atoms with Crippen LogP contribution < -0.4 is 5.32 Å². The summed E-state index contributed by atoms with van der Waals surface area (Å²) in [5.41, 5.74) is 2.36. The van der Waals surface area contributed by atoms with Crippen molar-refractivity contribution in [3.8, 4) is 0 Å². The number of benzene rings is 1. The molecule has 0 fully saturated rings. The SMILES string of the molecule is CN1O[C@H](CF)Cn2nc3c(c2C1=O)CN(C(=O)Nc1cccc(Cl)c1)CC3. The monoisotopic (exact) mass is 407 g/mol. The molecule has 0 aliphatic carbocycles. The number of nitrogens with one attached hydrogen (secondary N) is 1. The summed E-state index contributed by atoms with van der Waals surface area (Å²) in [7, 11) is 1.45. The smallest absolute Gasteiger partial charge is 0.320 e. The molecule has 2 aromatic rings. The van der Waals surface area contributed by atoms with E-state index in [-0.39, 0.29) is 19.1 Å². The number of carbonyl (C=O) groups excluding carboxylic acids is 2. The Balaban J connectivity index is 1.58. The van der Waals surface area contributed by atoms with Crippen molar-refractivity contribution in [2.75, 3.05) is 25.6 Å². The molecule has 0 saturated carbocycles. The zero-order chi connectivity index (χ0) is 19.8. The van der Waals surface area contributed by atoms with Crippen molar-refractivity contribution in [3.05, 3.63) is 46.2 Å². The molecular weight excluding hydrogens is 389 g/mol. The minimum Gasteiger partial charge on any atom is -0.320 e. The molecule has 28 heavy (non-hydrogen) atoms. The number of urea groups is 1. The van der Waals surface area contributed by atoms with Crippen molar-refractivity contribution >= 4 is 29.2 Å². The van der Waals surface area contributed by atoms with E-state index in [4.69, 9.17) is 16.4 Å². The zero-order valence-corrected chi connectivity index (χ0v) is 15.9. The van der Waals surface area contributed by atoms with Gasteiger partial charge in [0, 0.05) is 36.3 Å². The molecule has 1 aromatic carbocycles. The molecule has 4 rings (SSSR count). The number of hydrogen-bond donors (Lipinski definition) is 1. The van der Waals surface area contributed by atoms with Crippen molar-refractivity contribution in [1.29, 1.82) is 0 Å². The third-order valence-corrected chi connectivity index (χ3v) is 5.04. The minimum absolute atomic E-state index is 0.142. The van der Waals surface area contributed by atoms with Crippen LogP contribution in [0.1, 0.15) is 21.7 Å². The van der Waals surface area contributed by atoms with Gasteiger partial charge in [-0.25, -0.2) is 14.2 Å². The van der Waals surface area contributed by atoms with E-state index >= 15 is 0 Å². The van der Waals surface area contributed by atoms with Crippen LogP contribution in [0.5, 0.6) is 0 Å². The molecule has 0 spiro atoms. The highest BCUT2D eigenvalue weighted by Crippen LogP contribution is 2.27. The quantitative estimate of drug-likeness (QED) is 0.829. The number of alkyl halides is 1. The molecule has 1 aromatic heterocycles. The molecule has 0 radical (unpaired) electrons. The molecule has 3 amide bonds. The number of carbonyl (C=O) groups is 2. The van der Waals surface area contributed by atoms with Crippen LogP contribution in [0.4, 0.5) is 14.9 Å². The predicted octanol–water partition coefficient (Wildman–Crippen LogP) is 2.48. The summed E-state index contributed by atoms with van der Waals surface area (Å²) in [5, 5.41) is 8.84. The number of halogens is 2. The van der Waals surface area contributed by atoms with E-state index in [0.29, 0.717) is 34.9 Å². The highest BCUT2D eigenvalue weighted by Gasteiger charge is 2.35. The molecule has 8 nitrogen and oxygen atoms in total. The Morgan fingerprint density at radius 3 is 3.04 bits per heavy atom. The lowest BCUT2D eigenvalue weighted by Gasteiger charge is -2.27. The molecule has 2 aliphatic rings. The van der Waals surface area contributed by atoms with Gasteiger partial charge in [-0.05, 0) is 18.2 Å². The van der Waals surface area contributed by atoms with E-state index in [9.17, 15) is 14.0 Å². The van der Waals surface area contributed by atoms with E-state index in [1.165, 1.54) is 11.7 Å². The Morgan fingerprint density at radius 2 is 2.29 bits per heavy atom. The number of aromatic nitrogens is 2. The minimum atomic E-state index is -0.779. The van der Waals surface area contributed by atoms with Crippen molar-refractivity contribution in [1.82, 2.24) is 19.7 Å². The van der Waals surface area contributed by atoms with Gasteiger partial charge in [0.05, 0.1) is 18.8 Å². The lowest BCUT2D eigenvalue weighted by Crippen LogP contribution is -2.39. The molecule has 148 valence electrons. The van der Waals surface area contributed by atoms with E-state index in [1.807, 2.05) is 0 Å². The fraction of sp³-hybridized carbons (Fsp3) is 0.389. The molecule has 0 bridgehead atoms. The lowest BCUT2D eigenvalue weighted by atomic mass is 10.1. The van der Waals surface area contributed by atoms with Gasteiger partial charge in [-0.2, -0.15) is 5.10 Å². The van der Waals surface area contributed by atoms with Crippen LogP contribution in [0.2, 0.25) is 5.02 Å². The Labute approximate surface area is 165 Å². The van der Waals surface area contributed by atoms with Gasteiger partial charge >= 0.3 is 6.03 Å². The van der Waals surface area contributed by atoms with E-state index in [0.717, 1.165) is 10.8 Å². The molecule has 2 aliphatic heterocycles. The standard InChI is InChI=1S/C18H19ClFN5O3/c1-23-17(26)16-14-10-24(18(27)21-12-4-2-3-11(19)7-12)6-5-15(14)22-25(16)9-13(8-20)28-23/h2-4,7,13H,5-6,8-10H2,1H3,(H,21,27)/t13-/m1/s1. The summed E-state index contributed by atoms with van der Waals surface area (Å²) in [6, 6.07) is 6.59. The number of hydroxylamine groups is 2.